The first-order valence-electron chi connectivity index (χ1n) is 3.90. The second kappa shape index (κ2) is 7.72. The molecule has 0 fully saturated rings. The second-order valence-electron chi connectivity index (χ2n) is 2.22. The molecule has 0 aromatic rings. The van der Waals surface area contributed by atoms with E-state index in [1.54, 1.807) is 0 Å². The van der Waals surface area contributed by atoms with Crippen LogP contribution in [0.15, 0.2) is 12.7 Å². The Morgan fingerprint density at radius 2 is 2.23 bits per heavy atom. The lowest BCUT2D eigenvalue weighted by Gasteiger charge is -2.09. The molecule has 13 heavy (non-hydrogen) atoms. The molecule has 0 amide bonds. The van der Waals surface area contributed by atoms with Crippen LogP contribution in [0.4, 0.5) is 0 Å². The molecule has 0 saturated carbocycles. The lowest BCUT2D eigenvalue weighted by atomic mass is 10.4. The summed E-state index contributed by atoms with van der Waals surface area (Å²) in [6.45, 7) is 3.55. The van der Waals surface area contributed by atoms with Crippen molar-refractivity contribution in [3.63, 3.8) is 0 Å². The summed E-state index contributed by atoms with van der Waals surface area (Å²) in [5.74, 6) is -0.672. The van der Waals surface area contributed by atoms with Gasteiger partial charge in [0.25, 0.3) is 0 Å². The number of carbonyl (C=O) groups is 1. The van der Waals surface area contributed by atoms with Crippen LogP contribution in [0.1, 0.15) is 6.42 Å². The van der Waals surface area contributed by atoms with E-state index in [2.05, 4.69) is 11.3 Å². The summed E-state index contributed by atoms with van der Waals surface area (Å²) in [6, 6.07) is 0. The fourth-order valence-electron chi connectivity index (χ4n) is 0.592. The van der Waals surface area contributed by atoms with Gasteiger partial charge in [0.15, 0.2) is 0 Å². The highest BCUT2D eigenvalue weighted by Crippen LogP contribution is 1.95. The average Bonchev–Trinajstić information content (AvgIpc) is 2.12. The van der Waals surface area contributed by atoms with Crippen LogP contribution in [-0.2, 0) is 14.3 Å². The van der Waals surface area contributed by atoms with Gasteiger partial charge in [-0.2, -0.15) is 0 Å². The maximum Gasteiger partial charge on any atom is 0.332 e. The zero-order chi connectivity index (χ0) is 10.1. The monoisotopic (exact) mass is 190 g/mol. The summed E-state index contributed by atoms with van der Waals surface area (Å²) in [6.07, 6.45) is -0.0265. The first-order valence-corrected chi connectivity index (χ1v) is 3.90. The van der Waals surface area contributed by atoms with Crippen molar-refractivity contribution in [3.05, 3.63) is 12.7 Å². The van der Waals surface area contributed by atoms with Crippen LogP contribution in [0.25, 0.3) is 0 Å². The van der Waals surface area contributed by atoms with E-state index in [1.165, 1.54) is 0 Å². The van der Waals surface area contributed by atoms with Gasteiger partial charge in [-0.15, -0.1) is 0 Å². The number of carbonyl (C=O) groups excluding carboxylic acids is 1. The molecule has 0 aliphatic heterocycles. The van der Waals surface area contributed by atoms with E-state index < -0.39 is 12.3 Å². The van der Waals surface area contributed by atoms with Gasteiger partial charge in [0, 0.05) is 12.5 Å². The molecule has 1 unspecified atom stereocenters. The van der Waals surface area contributed by atoms with E-state index >= 15 is 0 Å². The van der Waals surface area contributed by atoms with Gasteiger partial charge in [0.05, 0.1) is 19.8 Å². The molecule has 0 bridgehead atoms. The molecule has 0 radical (unpaired) electrons. The Balaban J connectivity index is 3.34. The maximum atomic E-state index is 10.5. The topological polar surface area (TPSA) is 76.0 Å². The zero-order valence-electron chi connectivity index (χ0n) is 7.31. The van der Waals surface area contributed by atoms with Crippen molar-refractivity contribution >= 4 is 5.97 Å². The minimum Gasteiger partial charge on any atom is -0.433 e. The van der Waals surface area contributed by atoms with Crippen molar-refractivity contribution in [3.8, 4) is 0 Å². The maximum absolute atomic E-state index is 10.5. The van der Waals surface area contributed by atoms with Crippen LogP contribution in [0.5, 0.6) is 0 Å². The number of esters is 1. The molecular formula is C8H14O5. The molecule has 0 aliphatic carbocycles. The van der Waals surface area contributed by atoms with Gasteiger partial charge < -0.3 is 19.7 Å². The standard InChI is InChI=1S/C8H14O5/c1-2-7(10)13-8(11)3-5-12-6-4-9/h2,8-9,11H,1,3-6H2. The van der Waals surface area contributed by atoms with Crippen LogP contribution in [-0.4, -0.2) is 42.3 Å². The molecule has 0 heterocycles. The van der Waals surface area contributed by atoms with Crippen molar-refractivity contribution in [2.75, 3.05) is 19.8 Å². The molecule has 76 valence electrons. The molecule has 5 heteroatoms. The van der Waals surface area contributed by atoms with Crippen LogP contribution < -0.4 is 0 Å². The number of hydrogen-bond donors (Lipinski definition) is 2. The third kappa shape index (κ3) is 7.45. The van der Waals surface area contributed by atoms with E-state index in [9.17, 15) is 4.79 Å². The molecular weight excluding hydrogens is 176 g/mol. The lowest BCUT2D eigenvalue weighted by Crippen LogP contribution is -2.18. The van der Waals surface area contributed by atoms with E-state index in [0.29, 0.717) is 0 Å². The Morgan fingerprint density at radius 3 is 2.77 bits per heavy atom. The molecule has 0 aliphatic rings. The van der Waals surface area contributed by atoms with Crippen LogP contribution in [0.3, 0.4) is 0 Å². The number of aliphatic hydroxyl groups is 2. The van der Waals surface area contributed by atoms with E-state index in [-0.39, 0.29) is 26.2 Å². The lowest BCUT2D eigenvalue weighted by molar-refractivity contribution is -0.164. The fourth-order valence-corrected chi connectivity index (χ4v) is 0.592. The van der Waals surface area contributed by atoms with Crippen molar-refractivity contribution in [2.24, 2.45) is 0 Å². The van der Waals surface area contributed by atoms with Gasteiger partial charge in [-0.25, -0.2) is 4.79 Å². The minimum absolute atomic E-state index is 0.0669. The number of aliphatic hydroxyl groups excluding tert-OH is 2. The van der Waals surface area contributed by atoms with E-state index in [1.807, 2.05) is 0 Å². The first-order chi connectivity index (χ1) is 6.20. The molecule has 0 saturated heterocycles. The number of hydrogen-bond acceptors (Lipinski definition) is 5. The van der Waals surface area contributed by atoms with Gasteiger partial charge in [0.1, 0.15) is 0 Å². The van der Waals surface area contributed by atoms with Crippen LogP contribution in [0, 0.1) is 0 Å². The predicted octanol–water partition coefficient (Wildman–Crippen LogP) is -0.567. The quantitative estimate of drug-likeness (QED) is 0.243. The molecule has 0 spiro atoms. The Kier molecular flexibility index (Phi) is 7.18. The molecule has 5 nitrogen and oxygen atoms in total. The average molecular weight is 190 g/mol. The third-order valence-electron chi connectivity index (χ3n) is 1.16. The highest BCUT2D eigenvalue weighted by molar-refractivity contribution is 5.81. The van der Waals surface area contributed by atoms with Gasteiger partial charge in [0.2, 0.25) is 6.29 Å². The van der Waals surface area contributed by atoms with Crippen LogP contribution >= 0.6 is 0 Å². The summed E-state index contributed by atoms with van der Waals surface area (Å²) in [5, 5.41) is 17.3. The SMILES string of the molecule is C=CC(=O)OC(O)CCOCCO. The largest absolute Gasteiger partial charge is 0.433 e. The van der Waals surface area contributed by atoms with Gasteiger partial charge in [-0.1, -0.05) is 6.58 Å². The van der Waals surface area contributed by atoms with E-state index in [0.717, 1.165) is 6.08 Å². The van der Waals surface area contributed by atoms with Gasteiger partial charge >= 0.3 is 5.97 Å². The normalized spacial score (nSPS) is 12.2. The minimum atomic E-state index is -1.18. The van der Waals surface area contributed by atoms with Crippen molar-refractivity contribution in [1.29, 1.82) is 0 Å². The number of rotatable bonds is 7. The fraction of sp³-hybridized carbons (Fsp3) is 0.625. The first kappa shape index (κ1) is 12.1. The summed E-state index contributed by atoms with van der Waals surface area (Å²) < 4.78 is 9.28. The van der Waals surface area contributed by atoms with Crippen molar-refractivity contribution in [2.45, 2.75) is 12.7 Å². The van der Waals surface area contributed by atoms with E-state index in [4.69, 9.17) is 14.9 Å². The summed E-state index contributed by atoms with van der Waals surface area (Å²) in [5.41, 5.74) is 0. The molecule has 0 aromatic carbocycles. The Morgan fingerprint density at radius 1 is 1.54 bits per heavy atom. The van der Waals surface area contributed by atoms with Gasteiger partial charge in [-0.3, -0.25) is 0 Å². The molecule has 0 aromatic heterocycles. The highest BCUT2D eigenvalue weighted by Gasteiger charge is 2.07. The summed E-state index contributed by atoms with van der Waals surface area (Å²) >= 11 is 0. The van der Waals surface area contributed by atoms with Crippen molar-refractivity contribution < 1.29 is 24.5 Å². The smallest absolute Gasteiger partial charge is 0.332 e. The Labute approximate surface area is 76.6 Å². The second-order valence-corrected chi connectivity index (χ2v) is 2.22. The molecule has 2 N–H and O–H groups in total. The highest BCUT2D eigenvalue weighted by atomic mass is 16.6. The predicted molar refractivity (Wildman–Crippen MR) is 44.8 cm³/mol. The number of ether oxygens (including phenoxy) is 2. The molecule has 1 atom stereocenters. The molecule has 0 rings (SSSR count). The van der Waals surface area contributed by atoms with Crippen molar-refractivity contribution in [1.82, 2.24) is 0 Å². The zero-order valence-corrected chi connectivity index (χ0v) is 7.31. The summed E-state index contributed by atoms with van der Waals surface area (Å²) in [4.78, 5) is 10.5. The Hall–Kier alpha value is -0.910. The van der Waals surface area contributed by atoms with Crippen LogP contribution in [0.2, 0.25) is 0 Å². The third-order valence-corrected chi connectivity index (χ3v) is 1.16. The summed E-state index contributed by atoms with van der Waals surface area (Å²) in [7, 11) is 0. The van der Waals surface area contributed by atoms with Gasteiger partial charge in [-0.05, 0) is 0 Å². The Bertz CT molecular complexity index is 157.